The number of nitrogens with one attached hydrogen (secondary N) is 1. The van der Waals surface area contributed by atoms with Crippen molar-refractivity contribution in [2.45, 2.75) is 44.7 Å². The monoisotopic (exact) mass is 283 g/mol. The van der Waals surface area contributed by atoms with Crippen LogP contribution in [0.5, 0.6) is 0 Å². The van der Waals surface area contributed by atoms with E-state index in [1.165, 1.54) is 6.07 Å². The molecule has 3 nitrogen and oxygen atoms in total. The second-order valence-electron chi connectivity index (χ2n) is 5.93. The maximum absolute atomic E-state index is 13.7. The van der Waals surface area contributed by atoms with Gasteiger partial charge in [-0.2, -0.15) is 0 Å². The average Bonchev–Trinajstić information content (AvgIpc) is 2.93. The van der Waals surface area contributed by atoms with Gasteiger partial charge in [-0.1, -0.05) is 17.7 Å². The summed E-state index contributed by atoms with van der Waals surface area (Å²) in [4.78, 5) is 4.37. The maximum Gasteiger partial charge on any atom is 0.189 e. The van der Waals surface area contributed by atoms with E-state index in [0.717, 1.165) is 6.42 Å². The number of guanidine groups is 1. The van der Waals surface area contributed by atoms with Crippen LogP contribution in [0.25, 0.3) is 0 Å². The fraction of sp³-hybridized carbons (Fsp3) is 0.500. The summed E-state index contributed by atoms with van der Waals surface area (Å²) in [6.45, 7) is 6.02. The molecule has 1 fully saturated rings. The molecule has 0 radical (unpaired) electrons. The van der Waals surface area contributed by atoms with Gasteiger partial charge in [-0.05, 0) is 39.3 Å². The molecule has 1 aromatic rings. The zero-order valence-electron chi connectivity index (χ0n) is 11.4. The highest BCUT2D eigenvalue weighted by atomic mass is 35.5. The lowest BCUT2D eigenvalue weighted by molar-refractivity contribution is 0.508. The number of halogens is 2. The molecule has 0 bridgehead atoms. The van der Waals surface area contributed by atoms with Crippen molar-refractivity contribution < 1.29 is 4.39 Å². The summed E-state index contributed by atoms with van der Waals surface area (Å²) in [7, 11) is 0. The largest absolute Gasteiger partial charge is 0.370 e. The predicted molar refractivity (Wildman–Crippen MR) is 77.1 cm³/mol. The summed E-state index contributed by atoms with van der Waals surface area (Å²) in [6.07, 6.45) is 0.785. The Hall–Kier alpha value is -1.29. The molecule has 2 atom stereocenters. The van der Waals surface area contributed by atoms with Crippen molar-refractivity contribution in [3.05, 3.63) is 34.6 Å². The fourth-order valence-corrected chi connectivity index (χ4v) is 2.40. The lowest BCUT2D eigenvalue weighted by Gasteiger charge is -2.21. The maximum atomic E-state index is 13.7. The summed E-state index contributed by atoms with van der Waals surface area (Å²) < 4.78 is 13.7. The molecular formula is C14H19ClFN3. The Morgan fingerprint density at radius 3 is 2.74 bits per heavy atom. The van der Waals surface area contributed by atoms with Gasteiger partial charge in [-0.3, -0.25) is 0 Å². The normalized spacial score (nSPS) is 23.3. The molecule has 0 amide bonds. The molecule has 0 saturated heterocycles. The molecule has 104 valence electrons. The molecule has 19 heavy (non-hydrogen) atoms. The van der Waals surface area contributed by atoms with Gasteiger partial charge in [0.25, 0.3) is 0 Å². The first kappa shape index (κ1) is 14.1. The lowest BCUT2D eigenvalue weighted by atomic mass is 10.1. The van der Waals surface area contributed by atoms with Crippen LogP contribution in [0.15, 0.2) is 23.2 Å². The van der Waals surface area contributed by atoms with Crippen LogP contribution >= 0.6 is 11.6 Å². The summed E-state index contributed by atoms with van der Waals surface area (Å²) >= 11 is 6.04. The Balaban J connectivity index is 2.07. The number of benzene rings is 1. The standard InChI is InChI=1S/C14H19ClFN3/c1-14(2,3)19-13(17)18-11-7-8(11)12-9(15)5-4-6-10(12)16/h4-6,8,11H,7H2,1-3H3,(H3,17,18,19). The zero-order chi connectivity index (χ0) is 14.2. The summed E-state index contributed by atoms with van der Waals surface area (Å²) in [6, 6.07) is 4.76. The first-order valence-electron chi connectivity index (χ1n) is 6.33. The van der Waals surface area contributed by atoms with Crippen LogP contribution in [0.3, 0.4) is 0 Å². The summed E-state index contributed by atoms with van der Waals surface area (Å²) in [5, 5.41) is 3.56. The van der Waals surface area contributed by atoms with E-state index in [-0.39, 0.29) is 23.3 Å². The van der Waals surface area contributed by atoms with E-state index in [2.05, 4.69) is 10.3 Å². The third kappa shape index (κ3) is 3.60. The van der Waals surface area contributed by atoms with Crippen LogP contribution in [0.2, 0.25) is 5.02 Å². The number of hydrogen-bond donors (Lipinski definition) is 2. The minimum absolute atomic E-state index is 0.0178. The van der Waals surface area contributed by atoms with E-state index in [0.29, 0.717) is 16.5 Å². The molecule has 2 unspecified atom stereocenters. The van der Waals surface area contributed by atoms with Crippen molar-refractivity contribution in [1.29, 1.82) is 0 Å². The topological polar surface area (TPSA) is 50.4 Å². The number of nitrogens with two attached hydrogens (primary N) is 1. The molecule has 1 aromatic carbocycles. The van der Waals surface area contributed by atoms with Crippen molar-refractivity contribution in [3.63, 3.8) is 0 Å². The fourth-order valence-electron chi connectivity index (χ4n) is 2.09. The number of nitrogens with zero attached hydrogens (tertiary/aromatic N) is 1. The molecule has 1 aliphatic rings. The molecule has 1 aliphatic carbocycles. The molecule has 0 heterocycles. The third-order valence-electron chi connectivity index (χ3n) is 2.94. The van der Waals surface area contributed by atoms with E-state index >= 15 is 0 Å². The number of hydrogen-bond acceptors (Lipinski definition) is 1. The predicted octanol–water partition coefficient (Wildman–Crippen LogP) is 3.04. The van der Waals surface area contributed by atoms with Crippen LogP contribution in [-0.4, -0.2) is 17.5 Å². The zero-order valence-corrected chi connectivity index (χ0v) is 12.1. The Bertz CT molecular complexity index is 488. The highest BCUT2D eigenvalue weighted by Crippen LogP contribution is 2.47. The summed E-state index contributed by atoms with van der Waals surface area (Å²) in [5.41, 5.74) is 6.25. The molecule has 5 heteroatoms. The van der Waals surface area contributed by atoms with E-state index in [4.69, 9.17) is 17.3 Å². The van der Waals surface area contributed by atoms with E-state index < -0.39 is 0 Å². The van der Waals surface area contributed by atoms with Gasteiger partial charge in [0.1, 0.15) is 5.82 Å². The Kier molecular flexibility index (Phi) is 3.72. The quantitative estimate of drug-likeness (QED) is 0.647. The third-order valence-corrected chi connectivity index (χ3v) is 3.26. The van der Waals surface area contributed by atoms with Gasteiger partial charge in [0.2, 0.25) is 0 Å². The van der Waals surface area contributed by atoms with Crippen molar-refractivity contribution >= 4 is 17.6 Å². The van der Waals surface area contributed by atoms with Gasteiger partial charge in [0, 0.05) is 22.0 Å². The molecule has 2 rings (SSSR count). The minimum atomic E-state index is -0.266. The van der Waals surface area contributed by atoms with Crippen LogP contribution in [0.1, 0.15) is 38.7 Å². The molecule has 0 spiro atoms. The highest BCUT2D eigenvalue weighted by Gasteiger charge is 2.41. The SMILES string of the molecule is CC(C)(C)NC(N)=NC1CC1c1c(F)cccc1Cl. The van der Waals surface area contributed by atoms with Crippen molar-refractivity contribution in [2.75, 3.05) is 0 Å². The Morgan fingerprint density at radius 2 is 2.16 bits per heavy atom. The van der Waals surface area contributed by atoms with Gasteiger partial charge in [0.15, 0.2) is 5.96 Å². The molecular weight excluding hydrogens is 265 g/mol. The van der Waals surface area contributed by atoms with Gasteiger partial charge >= 0.3 is 0 Å². The first-order valence-corrected chi connectivity index (χ1v) is 6.71. The van der Waals surface area contributed by atoms with Crippen LogP contribution in [0.4, 0.5) is 4.39 Å². The molecule has 0 aliphatic heterocycles. The smallest absolute Gasteiger partial charge is 0.189 e. The van der Waals surface area contributed by atoms with E-state index in [9.17, 15) is 4.39 Å². The van der Waals surface area contributed by atoms with Gasteiger partial charge in [-0.15, -0.1) is 0 Å². The van der Waals surface area contributed by atoms with E-state index in [1.807, 2.05) is 20.8 Å². The molecule has 0 aromatic heterocycles. The number of rotatable bonds is 2. The Labute approximate surface area is 118 Å². The second kappa shape index (κ2) is 5.00. The molecule has 1 saturated carbocycles. The van der Waals surface area contributed by atoms with Crippen molar-refractivity contribution in [1.82, 2.24) is 5.32 Å². The van der Waals surface area contributed by atoms with Crippen LogP contribution < -0.4 is 11.1 Å². The van der Waals surface area contributed by atoms with Gasteiger partial charge < -0.3 is 11.1 Å². The Morgan fingerprint density at radius 1 is 1.47 bits per heavy atom. The summed E-state index contributed by atoms with van der Waals surface area (Å²) in [5.74, 6) is 0.166. The van der Waals surface area contributed by atoms with Gasteiger partial charge in [0.05, 0.1) is 6.04 Å². The van der Waals surface area contributed by atoms with Crippen LogP contribution in [-0.2, 0) is 0 Å². The lowest BCUT2D eigenvalue weighted by Crippen LogP contribution is -2.45. The van der Waals surface area contributed by atoms with Gasteiger partial charge in [-0.25, -0.2) is 9.38 Å². The minimum Gasteiger partial charge on any atom is -0.370 e. The second-order valence-corrected chi connectivity index (χ2v) is 6.34. The van der Waals surface area contributed by atoms with E-state index in [1.54, 1.807) is 12.1 Å². The van der Waals surface area contributed by atoms with Crippen LogP contribution in [0, 0.1) is 5.82 Å². The number of aliphatic imine (C=N–C) groups is 1. The molecule has 3 N–H and O–H groups in total. The first-order chi connectivity index (χ1) is 8.78. The van der Waals surface area contributed by atoms with Crippen molar-refractivity contribution in [2.24, 2.45) is 10.7 Å². The highest BCUT2D eigenvalue weighted by molar-refractivity contribution is 6.31. The average molecular weight is 284 g/mol. The van der Waals surface area contributed by atoms with Crippen molar-refractivity contribution in [3.8, 4) is 0 Å².